The molecule has 0 aliphatic carbocycles. The molecule has 2 saturated heterocycles. The van der Waals surface area contributed by atoms with Crippen LogP contribution in [0.25, 0.3) is 0 Å². The standard InChI is InChI=1S/C17H28N2O15P2/c1-7-5-19(16(25)18-14(7)24)10-4-8(20)9(31-10)6-30-35(26,27)34-36(28,29)33-15-12(22)11(21)13(23)17(2,3)32-15/h5,8-13,15,20-23H,4,6H2,1-3H3,(H,26,27)(H,28,29)(H,18,24,25)/p-2/t8-,9+,10+,11-,12+,13+,15+/m0/s1. The number of aromatic amines is 1. The third-order valence-corrected chi connectivity index (χ3v) is 8.11. The second-order valence-electron chi connectivity index (χ2n) is 8.80. The number of aromatic nitrogens is 2. The molecule has 5 N–H and O–H groups in total. The molecule has 17 nitrogen and oxygen atoms in total. The Balaban J connectivity index is 1.60. The third-order valence-electron chi connectivity index (χ3n) is 5.57. The number of phosphoric ester groups is 2. The number of hydrogen-bond acceptors (Lipinski definition) is 15. The van der Waals surface area contributed by atoms with Crippen molar-refractivity contribution < 1.29 is 62.2 Å². The Bertz CT molecular complexity index is 1170. The van der Waals surface area contributed by atoms with Gasteiger partial charge >= 0.3 is 5.69 Å². The van der Waals surface area contributed by atoms with E-state index in [0.29, 0.717) is 0 Å². The minimum atomic E-state index is -5.79. The van der Waals surface area contributed by atoms with E-state index in [-0.39, 0.29) is 12.0 Å². The maximum absolute atomic E-state index is 12.1. The zero-order valence-corrected chi connectivity index (χ0v) is 20.9. The predicted molar refractivity (Wildman–Crippen MR) is 111 cm³/mol. The van der Waals surface area contributed by atoms with Gasteiger partial charge in [0.05, 0.1) is 18.3 Å². The molecular formula is C17H26N2O15P2-2. The van der Waals surface area contributed by atoms with E-state index >= 15 is 0 Å². The highest BCUT2D eigenvalue weighted by molar-refractivity contribution is 7.59. The van der Waals surface area contributed by atoms with Crippen LogP contribution in [0, 0.1) is 6.92 Å². The number of nitrogens with zero attached hydrogens (tertiary/aromatic N) is 1. The van der Waals surface area contributed by atoms with Gasteiger partial charge in [0.15, 0.2) is 6.29 Å². The topological polar surface area (TPSA) is 262 Å². The Morgan fingerprint density at radius 2 is 1.81 bits per heavy atom. The Hall–Kier alpha value is -1.30. The molecule has 3 rings (SSSR count). The number of hydrogen-bond donors (Lipinski definition) is 5. The monoisotopic (exact) mass is 560 g/mol. The summed E-state index contributed by atoms with van der Waals surface area (Å²) in [7, 11) is -11.4. The molecule has 0 bridgehead atoms. The van der Waals surface area contributed by atoms with Crippen LogP contribution >= 0.6 is 15.6 Å². The Morgan fingerprint density at radius 1 is 1.17 bits per heavy atom. The Labute approximate surface area is 203 Å². The van der Waals surface area contributed by atoms with Gasteiger partial charge in [-0.25, -0.2) is 9.11 Å². The second-order valence-corrected chi connectivity index (χ2v) is 11.7. The van der Waals surface area contributed by atoms with Crippen molar-refractivity contribution in [3.8, 4) is 0 Å². The van der Waals surface area contributed by atoms with E-state index in [4.69, 9.17) is 9.47 Å². The van der Waals surface area contributed by atoms with Crippen molar-refractivity contribution in [1.82, 2.24) is 9.55 Å². The molecule has 0 amide bonds. The first kappa shape index (κ1) is 29.3. The first-order valence-corrected chi connectivity index (χ1v) is 13.4. The van der Waals surface area contributed by atoms with Crippen molar-refractivity contribution in [1.29, 1.82) is 0 Å². The summed E-state index contributed by atoms with van der Waals surface area (Å²) in [5, 5.41) is 39.8. The van der Waals surface area contributed by atoms with E-state index in [9.17, 15) is 48.9 Å². The summed E-state index contributed by atoms with van der Waals surface area (Å²) in [5.74, 6) is 0. The van der Waals surface area contributed by atoms with Gasteiger partial charge in [0.1, 0.15) is 30.6 Å². The van der Waals surface area contributed by atoms with Gasteiger partial charge < -0.3 is 44.2 Å². The molecule has 2 fully saturated rings. The van der Waals surface area contributed by atoms with E-state index in [2.05, 4.69) is 13.4 Å². The molecule has 19 heteroatoms. The largest absolute Gasteiger partial charge is 0.756 e. The molecule has 2 aliphatic heterocycles. The van der Waals surface area contributed by atoms with Crippen LogP contribution in [0.3, 0.4) is 0 Å². The van der Waals surface area contributed by atoms with Crippen LogP contribution < -0.4 is 21.0 Å². The van der Waals surface area contributed by atoms with Crippen molar-refractivity contribution in [2.24, 2.45) is 0 Å². The van der Waals surface area contributed by atoms with Crippen LogP contribution in [0.4, 0.5) is 0 Å². The molecule has 1 aromatic rings. The molecule has 36 heavy (non-hydrogen) atoms. The molecule has 0 spiro atoms. The minimum absolute atomic E-state index is 0.175. The predicted octanol–water partition coefficient (Wildman–Crippen LogP) is -3.30. The summed E-state index contributed by atoms with van der Waals surface area (Å²) in [6, 6.07) is 0. The summed E-state index contributed by atoms with van der Waals surface area (Å²) < 4.78 is 48.5. The molecule has 3 heterocycles. The number of H-pyrrole nitrogens is 1. The number of aliphatic hydroxyl groups excluding tert-OH is 4. The van der Waals surface area contributed by atoms with E-state index in [0.717, 1.165) is 4.57 Å². The highest BCUT2D eigenvalue weighted by atomic mass is 31.3. The van der Waals surface area contributed by atoms with Crippen molar-refractivity contribution >= 4 is 15.6 Å². The van der Waals surface area contributed by atoms with Crippen molar-refractivity contribution in [2.45, 2.75) is 75.8 Å². The Morgan fingerprint density at radius 3 is 2.44 bits per heavy atom. The normalized spacial score (nSPS) is 35.8. The highest BCUT2D eigenvalue weighted by Gasteiger charge is 2.50. The molecule has 2 unspecified atom stereocenters. The molecule has 0 radical (unpaired) electrons. The van der Waals surface area contributed by atoms with Crippen LogP contribution in [-0.4, -0.2) is 79.0 Å². The van der Waals surface area contributed by atoms with Crippen molar-refractivity contribution in [3.05, 3.63) is 32.6 Å². The number of aliphatic hydroxyl groups is 4. The van der Waals surface area contributed by atoms with Gasteiger partial charge in [-0.2, -0.15) is 0 Å². The van der Waals surface area contributed by atoms with Crippen molar-refractivity contribution in [3.63, 3.8) is 0 Å². The summed E-state index contributed by atoms with van der Waals surface area (Å²) in [6.45, 7) is 3.01. The molecular weight excluding hydrogens is 534 g/mol. The van der Waals surface area contributed by atoms with Crippen LogP contribution in [0.15, 0.2) is 15.8 Å². The van der Waals surface area contributed by atoms with Crippen LogP contribution in [0.1, 0.15) is 32.1 Å². The fourth-order valence-electron chi connectivity index (χ4n) is 3.57. The lowest BCUT2D eigenvalue weighted by atomic mass is 9.90. The van der Waals surface area contributed by atoms with Crippen LogP contribution in [0.5, 0.6) is 0 Å². The van der Waals surface area contributed by atoms with E-state index in [1.807, 2.05) is 4.98 Å². The molecule has 9 atom stereocenters. The fourth-order valence-corrected chi connectivity index (χ4v) is 5.65. The smallest absolute Gasteiger partial charge is 0.330 e. The van der Waals surface area contributed by atoms with Crippen molar-refractivity contribution in [2.75, 3.05) is 6.61 Å². The first-order valence-electron chi connectivity index (χ1n) is 10.5. The van der Waals surface area contributed by atoms with Gasteiger partial charge in [-0.05, 0) is 20.8 Å². The lowest BCUT2D eigenvalue weighted by molar-refractivity contribution is -0.322. The van der Waals surface area contributed by atoms with E-state index < -0.39 is 82.1 Å². The summed E-state index contributed by atoms with van der Waals surface area (Å²) in [4.78, 5) is 49.7. The SMILES string of the molecule is Cc1cn([C@H]2C[C@H](O)[C@@H](COP(=O)([O-])OP(=O)([O-])O[C@H]3OC(C)(C)[C@H](O)[C@@H](O)[C@H]3O)O2)c(=O)[nH]c1=O. The fraction of sp³-hybridized carbons (Fsp3) is 0.765. The number of ether oxygens (including phenoxy) is 2. The zero-order valence-electron chi connectivity index (χ0n) is 19.2. The van der Waals surface area contributed by atoms with Gasteiger partial charge in [0, 0.05) is 18.2 Å². The van der Waals surface area contributed by atoms with Gasteiger partial charge in [-0.15, -0.1) is 0 Å². The summed E-state index contributed by atoms with van der Waals surface area (Å²) in [6.07, 6.45) is -10.5. The number of rotatable bonds is 8. The molecule has 2 aliphatic rings. The molecule has 0 aromatic carbocycles. The summed E-state index contributed by atoms with van der Waals surface area (Å²) in [5.41, 5.74) is -2.86. The third kappa shape index (κ3) is 6.57. The first-order chi connectivity index (χ1) is 16.4. The average Bonchev–Trinajstić information content (AvgIpc) is 3.11. The minimum Gasteiger partial charge on any atom is -0.756 e. The quantitative estimate of drug-likeness (QED) is 0.195. The maximum atomic E-state index is 12.1. The van der Waals surface area contributed by atoms with Crippen LogP contribution in [-0.2, 0) is 32.0 Å². The second kappa shape index (κ2) is 10.5. The average molecular weight is 560 g/mol. The maximum Gasteiger partial charge on any atom is 0.330 e. The van der Waals surface area contributed by atoms with Crippen LogP contribution in [0.2, 0.25) is 0 Å². The van der Waals surface area contributed by atoms with E-state index in [1.54, 1.807) is 0 Å². The number of phosphoric acid groups is 2. The highest BCUT2D eigenvalue weighted by Crippen LogP contribution is 2.57. The zero-order chi connectivity index (χ0) is 27.2. The lowest BCUT2D eigenvalue weighted by Crippen LogP contribution is -2.62. The number of nitrogens with one attached hydrogen (secondary N) is 1. The van der Waals surface area contributed by atoms with Gasteiger partial charge in [-0.3, -0.25) is 28.0 Å². The molecule has 0 saturated carbocycles. The van der Waals surface area contributed by atoms with Gasteiger partial charge in [0.25, 0.3) is 21.2 Å². The van der Waals surface area contributed by atoms with E-state index in [1.165, 1.54) is 27.0 Å². The number of aryl methyl sites for hydroxylation is 1. The summed E-state index contributed by atoms with van der Waals surface area (Å²) >= 11 is 0. The molecule has 1 aromatic heterocycles. The Kier molecular flexibility index (Phi) is 8.50. The molecule has 206 valence electrons. The lowest BCUT2D eigenvalue weighted by Gasteiger charge is -2.46. The van der Waals surface area contributed by atoms with Gasteiger partial charge in [0.2, 0.25) is 0 Å². The van der Waals surface area contributed by atoms with Gasteiger partial charge in [-0.1, -0.05) is 0 Å².